The fourth-order valence-electron chi connectivity index (χ4n) is 1.94. The summed E-state index contributed by atoms with van der Waals surface area (Å²) in [5.74, 6) is -1.26. The van der Waals surface area contributed by atoms with Crippen molar-refractivity contribution in [3.63, 3.8) is 0 Å². The molecule has 0 saturated heterocycles. The summed E-state index contributed by atoms with van der Waals surface area (Å²) in [6, 6.07) is -0.883. The molecule has 25 heavy (non-hydrogen) atoms. The number of ether oxygens (including phenoxy) is 3. The number of rotatable bonds is 7. The molecule has 0 rings (SSSR count). The van der Waals surface area contributed by atoms with Gasteiger partial charge in [-0.3, -0.25) is 4.79 Å². The monoisotopic (exact) mass is 359 g/mol. The zero-order valence-electron chi connectivity index (χ0n) is 16.8. The van der Waals surface area contributed by atoms with E-state index in [9.17, 15) is 14.4 Å². The highest BCUT2D eigenvalue weighted by molar-refractivity contribution is 5.81. The van der Waals surface area contributed by atoms with Gasteiger partial charge < -0.3 is 19.5 Å². The molecule has 0 heterocycles. The van der Waals surface area contributed by atoms with E-state index in [1.807, 2.05) is 13.8 Å². The van der Waals surface area contributed by atoms with Gasteiger partial charge in [0.2, 0.25) is 0 Å². The number of nitrogens with one attached hydrogen (secondary N) is 1. The number of esters is 2. The molecule has 0 unspecified atom stereocenters. The van der Waals surface area contributed by atoms with Crippen LogP contribution in [-0.4, -0.2) is 41.9 Å². The Hall–Kier alpha value is -1.79. The lowest BCUT2D eigenvalue weighted by Crippen LogP contribution is -2.45. The van der Waals surface area contributed by atoms with Gasteiger partial charge in [-0.05, 0) is 40.5 Å². The van der Waals surface area contributed by atoms with E-state index in [2.05, 4.69) is 5.32 Å². The molecule has 0 aromatic rings. The highest BCUT2D eigenvalue weighted by Gasteiger charge is 2.31. The average molecular weight is 359 g/mol. The first kappa shape index (κ1) is 23.2. The van der Waals surface area contributed by atoms with Crippen molar-refractivity contribution in [1.29, 1.82) is 0 Å². The Morgan fingerprint density at radius 3 is 1.76 bits per heavy atom. The minimum atomic E-state index is -0.883. The van der Waals surface area contributed by atoms with Crippen molar-refractivity contribution >= 4 is 18.0 Å². The van der Waals surface area contributed by atoms with Crippen molar-refractivity contribution in [2.24, 2.45) is 11.8 Å². The van der Waals surface area contributed by atoms with Crippen molar-refractivity contribution in [3.05, 3.63) is 0 Å². The van der Waals surface area contributed by atoms with E-state index < -0.39 is 35.9 Å². The zero-order valence-corrected chi connectivity index (χ0v) is 16.8. The Bertz CT molecular complexity index is 467. The lowest BCUT2D eigenvalue weighted by Gasteiger charge is -2.29. The summed E-state index contributed by atoms with van der Waals surface area (Å²) in [5, 5.41) is 2.43. The Morgan fingerprint density at radius 1 is 0.840 bits per heavy atom. The lowest BCUT2D eigenvalue weighted by atomic mass is 10.0. The maximum Gasteiger partial charge on any atom is 0.408 e. The molecule has 1 amide bonds. The maximum absolute atomic E-state index is 12.2. The van der Waals surface area contributed by atoms with Crippen LogP contribution in [0.5, 0.6) is 0 Å². The third-order valence-corrected chi connectivity index (χ3v) is 3.23. The van der Waals surface area contributed by atoms with Crippen molar-refractivity contribution in [3.8, 4) is 0 Å². The summed E-state index contributed by atoms with van der Waals surface area (Å²) >= 11 is 0. The fraction of sp³-hybridized carbons (Fsp3) is 0.833. The summed E-state index contributed by atoms with van der Waals surface area (Å²) in [4.78, 5) is 35.7. The minimum absolute atomic E-state index is 0.0281. The Balaban J connectivity index is 4.72. The van der Waals surface area contributed by atoms with E-state index in [4.69, 9.17) is 14.2 Å². The summed E-state index contributed by atoms with van der Waals surface area (Å²) in [7, 11) is 0. The van der Waals surface area contributed by atoms with Gasteiger partial charge in [-0.25, -0.2) is 9.59 Å². The highest BCUT2D eigenvalue weighted by Crippen LogP contribution is 2.17. The van der Waals surface area contributed by atoms with Gasteiger partial charge in [-0.1, -0.05) is 27.7 Å². The van der Waals surface area contributed by atoms with Gasteiger partial charge in [-0.2, -0.15) is 0 Å². The van der Waals surface area contributed by atoms with Gasteiger partial charge in [0, 0.05) is 0 Å². The summed E-state index contributed by atoms with van der Waals surface area (Å²) in [5.41, 5.74) is -0.658. The van der Waals surface area contributed by atoms with Crippen molar-refractivity contribution in [2.45, 2.75) is 86.2 Å². The second-order valence-electron chi connectivity index (χ2n) is 7.81. The Labute approximate surface area is 150 Å². The molecule has 0 spiro atoms. The molecule has 7 nitrogen and oxygen atoms in total. The Kier molecular flexibility index (Phi) is 8.94. The molecule has 0 bridgehead atoms. The zero-order chi connectivity index (χ0) is 19.9. The van der Waals surface area contributed by atoms with Crippen molar-refractivity contribution in [1.82, 2.24) is 5.32 Å². The SMILES string of the molecule is CC(C)C(=O)O[C@H](C(C)C)[C@H](C)OC(=O)[C@H](C)NC(=O)OC(C)(C)C. The van der Waals surface area contributed by atoms with Gasteiger partial charge in [0.05, 0.1) is 5.92 Å². The van der Waals surface area contributed by atoms with Crippen LogP contribution in [0, 0.1) is 11.8 Å². The first-order valence-corrected chi connectivity index (χ1v) is 8.65. The second-order valence-corrected chi connectivity index (χ2v) is 7.81. The van der Waals surface area contributed by atoms with Crippen LogP contribution >= 0.6 is 0 Å². The van der Waals surface area contributed by atoms with Crippen LogP contribution < -0.4 is 5.32 Å². The van der Waals surface area contributed by atoms with Crippen LogP contribution in [-0.2, 0) is 23.8 Å². The predicted molar refractivity (Wildman–Crippen MR) is 93.9 cm³/mol. The van der Waals surface area contributed by atoms with Crippen LogP contribution in [0.3, 0.4) is 0 Å². The fourth-order valence-corrected chi connectivity index (χ4v) is 1.94. The van der Waals surface area contributed by atoms with E-state index in [-0.39, 0.29) is 17.8 Å². The molecule has 7 heteroatoms. The second kappa shape index (κ2) is 9.63. The Morgan fingerprint density at radius 2 is 1.36 bits per heavy atom. The molecule has 0 saturated carbocycles. The number of carbonyl (C=O) groups is 3. The summed E-state index contributed by atoms with van der Waals surface area (Å²) in [6.07, 6.45) is -1.90. The first-order valence-electron chi connectivity index (χ1n) is 8.65. The lowest BCUT2D eigenvalue weighted by molar-refractivity contribution is -0.173. The van der Waals surface area contributed by atoms with Crippen LogP contribution in [0.15, 0.2) is 0 Å². The smallest absolute Gasteiger partial charge is 0.408 e. The molecule has 0 fully saturated rings. The van der Waals surface area contributed by atoms with Gasteiger partial charge in [0.25, 0.3) is 0 Å². The minimum Gasteiger partial charge on any atom is -0.458 e. The number of alkyl carbamates (subject to hydrolysis) is 1. The van der Waals surface area contributed by atoms with E-state index in [0.29, 0.717) is 0 Å². The van der Waals surface area contributed by atoms with Crippen LogP contribution in [0.25, 0.3) is 0 Å². The number of hydrogen-bond acceptors (Lipinski definition) is 6. The first-order chi connectivity index (χ1) is 11.2. The van der Waals surface area contributed by atoms with Gasteiger partial charge in [0.1, 0.15) is 23.9 Å². The number of amides is 1. The molecule has 0 aliphatic carbocycles. The van der Waals surface area contributed by atoms with Crippen LogP contribution in [0.2, 0.25) is 0 Å². The molecular weight excluding hydrogens is 326 g/mol. The molecule has 0 aliphatic heterocycles. The van der Waals surface area contributed by atoms with Crippen molar-refractivity contribution in [2.75, 3.05) is 0 Å². The molecule has 0 radical (unpaired) electrons. The standard InChI is InChI=1S/C18H33NO6/c1-10(2)14(24-15(20)11(3)4)13(6)23-16(21)12(5)19-17(22)25-18(7,8)9/h10-14H,1-9H3,(H,19,22)/t12-,13-,14+/m0/s1. The molecule has 1 N–H and O–H groups in total. The van der Waals surface area contributed by atoms with Crippen LogP contribution in [0.4, 0.5) is 4.79 Å². The van der Waals surface area contributed by atoms with E-state index in [1.165, 1.54) is 6.92 Å². The quantitative estimate of drug-likeness (QED) is 0.555. The number of hydrogen-bond donors (Lipinski definition) is 1. The molecular formula is C18H33NO6. The van der Waals surface area contributed by atoms with E-state index in [1.54, 1.807) is 41.5 Å². The van der Waals surface area contributed by atoms with Gasteiger partial charge in [-0.15, -0.1) is 0 Å². The summed E-state index contributed by atoms with van der Waals surface area (Å²) < 4.78 is 15.9. The summed E-state index contributed by atoms with van der Waals surface area (Å²) in [6.45, 7) is 15.6. The molecule has 0 aliphatic rings. The third kappa shape index (κ3) is 9.31. The maximum atomic E-state index is 12.2. The molecule has 0 aromatic heterocycles. The van der Waals surface area contributed by atoms with Crippen molar-refractivity contribution < 1.29 is 28.6 Å². The highest BCUT2D eigenvalue weighted by atomic mass is 16.6. The average Bonchev–Trinajstić information content (AvgIpc) is 2.41. The van der Waals surface area contributed by atoms with E-state index in [0.717, 1.165) is 0 Å². The largest absolute Gasteiger partial charge is 0.458 e. The topological polar surface area (TPSA) is 90.9 Å². The predicted octanol–water partition coefficient (Wildman–Crippen LogP) is 3.06. The third-order valence-electron chi connectivity index (χ3n) is 3.23. The number of carbonyl (C=O) groups excluding carboxylic acids is 3. The van der Waals surface area contributed by atoms with Gasteiger partial charge >= 0.3 is 18.0 Å². The van der Waals surface area contributed by atoms with E-state index >= 15 is 0 Å². The van der Waals surface area contributed by atoms with Gasteiger partial charge in [0.15, 0.2) is 0 Å². The molecule has 146 valence electrons. The molecule has 0 aromatic carbocycles. The van der Waals surface area contributed by atoms with Crippen LogP contribution in [0.1, 0.15) is 62.3 Å². The molecule has 3 atom stereocenters. The normalized spacial score (nSPS) is 15.3.